The average Bonchev–Trinajstić information content (AvgIpc) is 3.37. The molecule has 3 heterocycles. The zero-order valence-electron chi connectivity index (χ0n) is 18.4. The highest BCUT2D eigenvalue weighted by Gasteiger charge is 2.19. The zero-order chi connectivity index (χ0) is 22.7. The van der Waals surface area contributed by atoms with Gasteiger partial charge in [0.2, 0.25) is 5.95 Å². The van der Waals surface area contributed by atoms with Gasteiger partial charge in [0.15, 0.2) is 16.6 Å². The molecule has 1 aromatic carbocycles. The minimum atomic E-state index is -0.382. The molecule has 0 radical (unpaired) electrons. The second-order valence-corrected chi connectivity index (χ2v) is 8.15. The third-order valence-corrected chi connectivity index (χ3v) is 5.99. The van der Waals surface area contributed by atoms with E-state index in [1.165, 1.54) is 11.3 Å². The standard InChI is InChI=1S/C22H25N7O2S/c1-5-29-12-23-18-16(29)19(24-13(3)15-10-8-7-9-11-15)27-21(26-18)28-22-25-14(4)17(32-22)20(30)31-6-2/h7-13H,5-6H2,1-4H3,(H2,24,25,26,27,28)/t13-/m0/s1. The largest absolute Gasteiger partial charge is 0.462 e. The van der Waals surface area contributed by atoms with Gasteiger partial charge in [0, 0.05) is 6.54 Å². The Labute approximate surface area is 189 Å². The molecule has 0 aliphatic carbocycles. The van der Waals surface area contributed by atoms with Gasteiger partial charge in [0.05, 0.1) is 24.7 Å². The molecule has 0 aliphatic rings. The number of hydrogen-bond acceptors (Lipinski definition) is 9. The number of ether oxygens (including phenoxy) is 1. The summed E-state index contributed by atoms with van der Waals surface area (Å²) in [5, 5.41) is 7.14. The van der Waals surface area contributed by atoms with Gasteiger partial charge in [-0.1, -0.05) is 41.7 Å². The lowest BCUT2D eigenvalue weighted by Gasteiger charge is -2.17. The Hall–Kier alpha value is -3.53. The van der Waals surface area contributed by atoms with Crippen LogP contribution < -0.4 is 10.6 Å². The number of thiazole rings is 1. The van der Waals surface area contributed by atoms with Crippen molar-refractivity contribution in [2.45, 2.75) is 40.3 Å². The molecule has 0 saturated heterocycles. The molecule has 4 rings (SSSR count). The van der Waals surface area contributed by atoms with Crippen LogP contribution in [-0.4, -0.2) is 37.1 Å². The van der Waals surface area contributed by atoms with Crippen molar-refractivity contribution in [3.05, 3.63) is 52.8 Å². The SMILES string of the molecule is CCOC(=O)c1sc(Nc2nc(N[C@@H](C)c3ccccc3)c3c(ncn3CC)n2)nc1C. The lowest BCUT2D eigenvalue weighted by atomic mass is 10.1. The van der Waals surface area contributed by atoms with Gasteiger partial charge in [-0.2, -0.15) is 9.97 Å². The molecule has 4 aromatic rings. The molecule has 2 N–H and O–H groups in total. The Morgan fingerprint density at radius 2 is 1.97 bits per heavy atom. The van der Waals surface area contributed by atoms with Crippen LogP contribution in [0, 0.1) is 6.92 Å². The Bertz CT molecular complexity index is 1240. The number of benzene rings is 1. The molecule has 0 saturated carbocycles. The normalized spacial score (nSPS) is 12.0. The van der Waals surface area contributed by atoms with Crippen molar-refractivity contribution in [2.24, 2.45) is 0 Å². The fraction of sp³-hybridized carbons (Fsp3) is 0.318. The van der Waals surface area contributed by atoms with Gasteiger partial charge < -0.3 is 14.6 Å². The Balaban J connectivity index is 1.68. The number of esters is 1. The predicted molar refractivity (Wildman–Crippen MR) is 126 cm³/mol. The van der Waals surface area contributed by atoms with Crippen molar-refractivity contribution in [1.82, 2.24) is 24.5 Å². The van der Waals surface area contributed by atoms with Crippen LogP contribution in [0.15, 0.2) is 36.7 Å². The zero-order valence-corrected chi connectivity index (χ0v) is 19.2. The van der Waals surface area contributed by atoms with Crippen LogP contribution in [-0.2, 0) is 11.3 Å². The van der Waals surface area contributed by atoms with Gasteiger partial charge in [-0.15, -0.1) is 0 Å². The van der Waals surface area contributed by atoms with Crippen molar-refractivity contribution in [2.75, 3.05) is 17.2 Å². The Kier molecular flexibility index (Phi) is 6.31. The van der Waals surface area contributed by atoms with Crippen LogP contribution in [0.3, 0.4) is 0 Å². The molecule has 0 spiro atoms. The summed E-state index contributed by atoms with van der Waals surface area (Å²) in [6.45, 7) is 8.74. The summed E-state index contributed by atoms with van der Waals surface area (Å²) in [6.07, 6.45) is 1.76. The van der Waals surface area contributed by atoms with E-state index < -0.39 is 0 Å². The maximum atomic E-state index is 12.1. The number of hydrogen-bond donors (Lipinski definition) is 2. The predicted octanol–water partition coefficient (Wildman–Crippen LogP) is 4.70. The molecule has 0 fully saturated rings. The van der Waals surface area contributed by atoms with Gasteiger partial charge in [0.1, 0.15) is 10.4 Å². The first-order valence-electron chi connectivity index (χ1n) is 10.5. The number of nitrogens with zero attached hydrogens (tertiary/aromatic N) is 5. The van der Waals surface area contributed by atoms with Crippen molar-refractivity contribution in [3.8, 4) is 0 Å². The van der Waals surface area contributed by atoms with Crippen LogP contribution in [0.4, 0.5) is 16.9 Å². The van der Waals surface area contributed by atoms with E-state index in [1.807, 2.05) is 29.7 Å². The molecule has 166 valence electrons. The third kappa shape index (κ3) is 4.40. The summed E-state index contributed by atoms with van der Waals surface area (Å²) in [6, 6.07) is 10.2. The van der Waals surface area contributed by atoms with Gasteiger partial charge >= 0.3 is 5.97 Å². The minimum Gasteiger partial charge on any atom is -0.462 e. The Morgan fingerprint density at radius 3 is 2.69 bits per heavy atom. The molecule has 1 atom stereocenters. The van der Waals surface area contributed by atoms with E-state index in [0.29, 0.717) is 39.7 Å². The first kappa shape index (κ1) is 21.7. The summed E-state index contributed by atoms with van der Waals surface area (Å²) >= 11 is 1.21. The number of carbonyl (C=O) groups is 1. The molecule has 9 nitrogen and oxygen atoms in total. The fourth-order valence-electron chi connectivity index (χ4n) is 3.34. The van der Waals surface area contributed by atoms with E-state index in [0.717, 1.165) is 17.6 Å². The summed E-state index contributed by atoms with van der Waals surface area (Å²) < 4.78 is 7.11. The van der Waals surface area contributed by atoms with E-state index in [1.54, 1.807) is 20.2 Å². The van der Waals surface area contributed by atoms with Gasteiger partial charge in [0.25, 0.3) is 0 Å². The quantitative estimate of drug-likeness (QED) is 0.371. The molecule has 32 heavy (non-hydrogen) atoms. The van der Waals surface area contributed by atoms with Crippen molar-refractivity contribution in [1.29, 1.82) is 0 Å². The smallest absolute Gasteiger partial charge is 0.350 e. The fourth-order valence-corrected chi connectivity index (χ4v) is 4.19. The number of imidazole rings is 1. The molecule has 0 aliphatic heterocycles. The maximum Gasteiger partial charge on any atom is 0.350 e. The molecule has 3 aromatic heterocycles. The van der Waals surface area contributed by atoms with Gasteiger partial charge in [-0.25, -0.2) is 14.8 Å². The molecule has 0 bridgehead atoms. The van der Waals surface area contributed by atoms with Gasteiger partial charge in [-0.3, -0.25) is 5.32 Å². The maximum absolute atomic E-state index is 12.1. The summed E-state index contributed by atoms with van der Waals surface area (Å²) in [5.74, 6) is 0.644. The number of anilines is 3. The van der Waals surface area contributed by atoms with Crippen molar-refractivity contribution >= 4 is 45.4 Å². The number of aryl methyl sites for hydroxylation is 2. The average molecular weight is 452 g/mol. The monoisotopic (exact) mass is 451 g/mol. The lowest BCUT2D eigenvalue weighted by molar-refractivity contribution is 0.0531. The van der Waals surface area contributed by atoms with E-state index in [9.17, 15) is 4.79 Å². The van der Waals surface area contributed by atoms with Crippen molar-refractivity contribution in [3.63, 3.8) is 0 Å². The molecular formula is C22H25N7O2S. The second-order valence-electron chi connectivity index (χ2n) is 7.15. The second kappa shape index (κ2) is 9.31. The van der Waals surface area contributed by atoms with Crippen LogP contribution in [0.2, 0.25) is 0 Å². The van der Waals surface area contributed by atoms with E-state index in [-0.39, 0.29) is 12.0 Å². The number of nitrogens with one attached hydrogen (secondary N) is 2. The molecular weight excluding hydrogens is 426 g/mol. The number of aromatic nitrogens is 5. The summed E-state index contributed by atoms with van der Waals surface area (Å²) in [5.41, 5.74) is 3.16. The summed E-state index contributed by atoms with van der Waals surface area (Å²) in [7, 11) is 0. The third-order valence-electron chi connectivity index (χ3n) is 4.94. The molecule has 0 amide bonds. The van der Waals surface area contributed by atoms with Crippen LogP contribution >= 0.6 is 11.3 Å². The minimum absolute atomic E-state index is 0.0277. The van der Waals surface area contributed by atoms with Gasteiger partial charge in [-0.05, 0) is 33.3 Å². The molecule has 0 unspecified atom stereocenters. The first-order valence-corrected chi connectivity index (χ1v) is 11.3. The van der Waals surface area contributed by atoms with Crippen LogP contribution in [0.1, 0.15) is 47.7 Å². The Morgan fingerprint density at radius 1 is 1.19 bits per heavy atom. The van der Waals surface area contributed by atoms with E-state index in [2.05, 4.69) is 44.6 Å². The van der Waals surface area contributed by atoms with E-state index in [4.69, 9.17) is 9.72 Å². The highest BCUT2D eigenvalue weighted by atomic mass is 32.1. The van der Waals surface area contributed by atoms with Crippen LogP contribution in [0.25, 0.3) is 11.2 Å². The topological polar surface area (TPSA) is 107 Å². The highest BCUT2D eigenvalue weighted by Crippen LogP contribution is 2.29. The molecule has 10 heteroatoms. The lowest BCUT2D eigenvalue weighted by Crippen LogP contribution is -2.11. The summed E-state index contributed by atoms with van der Waals surface area (Å²) in [4.78, 5) is 30.7. The van der Waals surface area contributed by atoms with E-state index >= 15 is 0 Å². The number of fused-ring (bicyclic) bond motifs is 1. The first-order chi connectivity index (χ1) is 15.5. The van der Waals surface area contributed by atoms with Crippen molar-refractivity contribution < 1.29 is 9.53 Å². The number of rotatable bonds is 8. The van der Waals surface area contributed by atoms with Crippen LogP contribution in [0.5, 0.6) is 0 Å². The number of carbonyl (C=O) groups excluding carboxylic acids is 1. The highest BCUT2D eigenvalue weighted by molar-refractivity contribution is 7.17.